The molecule has 4 heteroatoms. The Balaban J connectivity index is 1.18. The zero-order valence-electron chi connectivity index (χ0n) is 29.2. The maximum atomic E-state index is 5.42. The molecular weight excluding hydrogens is 645 g/mol. The molecule has 1 aliphatic rings. The Morgan fingerprint density at radius 3 is 1.70 bits per heavy atom. The molecule has 4 nitrogen and oxygen atoms in total. The lowest BCUT2D eigenvalue weighted by atomic mass is 9.93. The van der Waals surface area contributed by atoms with Gasteiger partial charge in [0.1, 0.15) is 11.6 Å². The SMILES string of the molecule is CC1CC=Cc2c1n(-c1cccc(-c3cccc4ccccc34)n1)c1cc3c(cc21)c1ccccc1n3-c1cccc(-c2cccc3ccccc23)n1. The van der Waals surface area contributed by atoms with E-state index in [-0.39, 0.29) is 0 Å². The second-order valence-corrected chi connectivity index (χ2v) is 14.2. The van der Waals surface area contributed by atoms with Gasteiger partial charge in [0.05, 0.1) is 27.9 Å². The fourth-order valence-electron chi connectivity index (χ4n) is 8.74. The van der Waals surface area contributed by atoms with Gasteiger partial charge in [-0.15, -0.1) is 0 Å². The number of rotatable bonds is 4. The molecule has 0 spiro atoms. The number of nitrogens with zero attached hydrogens (tertiary/aromatic N) is 4. The van der Waals surface area contributed by atoms with E-state index in [0.717, 1.165) is 57.1 Å². The monoisotopic (exact) mass is 678 g/mol. The summed E-state index contributed by atoms with van der Waals surface area (Å²) in [4.78, 5) is 10.8. The lowest BCUT2D eigenvalue weighted by Crippen LogP contribution is -2.08. The molecule has 1 aliphatic carbocycles. The van der Waals surface area contributed by atoms with Crippen molar-refractivity contribution in [3.63, 3.8) is 0 Å². The highest BCUT2D eigenvalue weighted by molar-refractivity contribution is 6.15. The van der Waals surface area contributed by atoms with Crippen LogP contribution in [-0.4, -0.2) is 19.1 Å². The van der Waals surface area contributed by atoms with Crippen LogP contribution in [0.25, 0.3) is 94.5 Å². The van der Waals surface area contributed by atoms with E-state index >= 15 is 0 Å². The number of pyridine rings is 2. The smallest absolute Gasteiger partial charge is 0.138 e. The van der Waals surface area contributed by atoms with Gasteiger partial charge >= 0.3 is 0 Å². The molecule has 0 radical (unpaired) electrons. The standard InChI is InChI=1S/C49H34N4/c1-31-13-8-23-39-41-29-40-38-20-6-7-26-44(38)52(47-27-11-24-42(50-47)36-21-9-16-32-14-2-4-18-34(32)36)45(40)30-46(41)53(49(31)39)48-28-12-25-43(51-48)37-22-10-17-33-15-3-5-19-35(33)37/h2-12,14-31H,13H2,1H3. The topological polar surface area (TPSA) is 35.6 Å². The molecule has 11 rings (SSSR count). The van der Waals surface area contributed by atoms with Gasteiger partial charge in [-0.2, -0.15) is 0 Å². The van der Waals surface area contributed by atoms with Crippen LogP contribution in [-0.2, 0) is 0 Å². The van der Waals surface area contributed by atoms with Crippen LogP contribution in [0.5, 0.6) is 0 Å². The quantitative estimate of drug-likeness (QED) is 0.186. The van der Waals surface area contributed by atoms with E-state index in [1.807, 2.05) is 0 Å². The number of allylic oxidation sites excluding steroid dienone is 1. The highest BCUT2D eigenvalue weighted by Crippen LogP contribution is 2.43. The average Bonchev–Trinajstić information content (AvgIpc) is 3.72. The summed E-state index contributed by atoms with van der Waals surface area (Å²) in [5, 5.41) is 8.51. The van der Waals surface area contributed by atoms with Gasteiger partial charge in [0.25, 0.3) is 0 Å². The van der Waals surface area contributed by atoms with Crippen molar-refractivity contribution in [1.29, 1.82) is 0 Å². The molecule has 10 aromatic rings. The van der Waals surface area contributed by atoms with Crippen LogP contribution in [0, 0.1) is 0 Å². The first kappa shape index (κ1) is 29.9. The van der Waals surface area contributed by atoms with E-state index in [1.54, 1.807) is 0 Å². The van der Waals surface area contributed by atoms with Gasteiger partial charge < -0.3 is 0 Å². The number of hydrogen-bond donors (Lipinski definition) is 0. The van der Waals surface area contributed by atoms with Gasteiger partial charge in [0, 0.05) is 44.5 Å². The van der Waals surface area contributed by atoms with Crippen molar-refractivity contribution in [3.8, 4) is 34.2 Å². The summed E-state index contributed by atoms with van der Waals surface area (Å²) < 4.78 is 4.77. The van der Waals surface area contributed by atoms with Gasteiger partial charge in [-0.1, -0.05) is 134 Å². The molecular formula is C49H34N4. The van der Waals surface area contributed by atoms with Gasteiger partial charge in [-0.3, -0.25) is 9.13 Å². The van der Waals surface area contributed by atoms with E-state index < -0.39 is 0 Å². The van der Waals surface area contributed by atoms with Crippen LogP contribution in [0.1, 0.15) is 30.5 Å². The molecule has 1 unspecified atom stereocenters. The minimum Gasteiger partial charge on any atom is -0.297 e. The van der Waals surface area contributed by atoms with Crippen LogP contribution >= 0.6 is 0 Å². The van der Waals surface area contributed by atoms with Crippen LogP contribution < -0.4 is 0 Å². The van der Waals surface area contributed by atoms with Gasteiger partial charge in [-0.05, 0) is 70.4 Å². The third kappa shape index (κ3) is 4.55. The van der Waals surface area contributed by atoms with Crippen molar-refractivity contribution in [2.75, 3.05) is 0 Å². The molecule has 4 heterocycles. The summed E-state index contributed by atoms with van der Waals surface area (Å²) in [5.74, 6) is 2.16. The van der Waals surface area contributed by atoms with E-state index in [9.17, 15) is 0 Å². The molecule has 0 amide bonds. The van der Waals surface area contributed by atoms with E-state index in [4.69, 9.17) is 9.97 Å². The second-order valence-electron chi connectivity index (χ2n) is 14.2. The Labute approximate surface area is 306 Å². The molecule has 250 valence electrons. The number of hydrogen-bond acceptors (Lipinski definition) is 2. The van der Waals surface area contributed by atoms with Gasteiger partial charge in [0.15, 0.2) is 0 Å². The Hall–Kier alpha value is -6.78. The molecule has 0 saturated carbocycles. The van der Waals surface area contributed by atoms with Crippen molar-refractivity contribution < 1.29 is 0 Å². The predicted octanol–water partition coefficient (Wildman–Crippen LogP) is 12.7. The van der Waals surface area contributed by atoms with Crippen LogP contribution in [0.15, 0.2) is 164 Å². The molecule has 0 aliphatic heterocycles. The number of benzene rings is 6. The van der Waals surface area contributed by atoms with Gasteiger partial charge in [0.2, 0.25) is 0 Å². The van der Waals surface area contributed by atoms with Crippen molar-refractivity contribution >= 4 is 60.3 Å². The van der Waals surface area contributed by atoms with Crippen molar-refractivity contribution in [1.82, 2.24) is 19.1 Å². The predicted molar refractivity (Wildman–Crippen MR) is 221 cm³/mol. The van der Waals surface area contributed by atoms with Crippen molar-refractivity contribution in [3.05, 3.63) is 175 Å². The number of fused-ring (bicyclic) bond motifs is 8. The first-order valence-electron chi connectivity index (χ1n) is 18.4. The minimum atomic E-state index is 0.336. The molecule has 4 aromatic heterocycles. The molecule has 0 N–H and O–H groups in total. The lowest BCUT2D eigenvalue weighted by molar-refractivity contribution is 0.719. The molecule has 53 heavy (non-hydrogen) atoms. The Morgan fingerprint density at radius 1 is 0.472 bits per heavy atom. The summed E-state index contributed by atoms with van der Waals surface area (Å²) in [7, 11) is 0. The maximum Gasteiger partial charge on any atom is 0.138 e. The second kappa shape index (κ2) is 11.6. The lowest BCUT2D eigenvalue weighted by Gasteiger charge is -2.19. The highest BCUT2D eigenvalue weighted by Gasteiger charge is 2.26. The summed E-state index contributed by atoms with van der Waals surface area (Å²) in [6.07, 6.45) is 5.64. The fraction of sp³-hybridized carbons (Fsp3) is 0.0612. The first-order valence-corrected chi connectivity index (χ1v) is 18.4. The highest BCUT2D eigenvalue weighted by atomic mass is 15.1. The van der Waals surface area contributed by atoms with Gasteiger partial charge in [-0.25, -0.2) is 9.97 Å². The van der Waals surface area contributed by atoms with E-state index in [2.05, 4.69) is 186 Å². The van der Waals surface area contributed by atoms with Crippen molar-refractivity contribution in [2.45, 2.75) is 19.3 Å². The molecule has 0 bridgehead atoms. The van der Waals surface area contributed by atoms with Crippen LogP contribution in [0.2, 0.25) is 0 Å². The third-order valence-corrected chi connectivity index (χ3v) is 11.1. The zero-order valence-corrected chi connectivity index (χ0v) is 29.2. The maximum absolute atomic E-state index is 5.42. The minimum absolute atomic E-state index is 0.336. The first-order chi connectivity index (χ1) is 26.2. The van der Waals surface area contributed by atoms with E-state index in [1.165, 1.54) is 49.0 Å². The molecule has 6 aromatic carbocycles. The number of aromatic nitrogens is 4. The van der Waals surface area contributed by atoms with Crippen molar-refractivity contribution in [2.24, 2.45) is 0 Å². The largest absolute Gasteiger partial charge is 0.297 e. The number of para-hydroxylation sites is 1. The summed E-state index contributed by atoms with van der Waals surface area (Å²) >= 11 is 0. The third-order valence-electron chi connectivity index (χ3n) is 11.1. The average molecular weight is 679 g/mol. The summed E-state index contributed by atoms with van der Waals surface area (Å²) in [6.45, 7) is 2.34. The van der Waals surface area contributed by atoms with E-state index in [0.29, 0.717) is 5.92 Å². The molecule has 0 fully saturated rings. The normalized spacial score (nSPS) is 14.2. The summed E-state index contributed by atoms with van der Waals surface area (Å²) in [5.41, 5.74) is 10.2. The summed E-state index contributed by atoms with van der Waals surface area (Å²) in [6, 6.07) is 56.4. The fourth-order valence-corrected chi connectivity index (χ4v) is 8.74. The Bertz CT molecular complexity index is 3110. The molecule has 1 atom stereocenters. The Kier molecular flexibility index (Phi) is 6.56. The Morgan fingerprint density at radius 2 is 1.02 bits per heavy atom. The molecule has 0 saturated heterocycles. The zero-order chi connectivity index (χ0) is 35.0. The van der Waals surface area contributed by atoms with Crippen LogP contribution in [0.3, 0.4) is 0 Å². The van der Waals surface area contributed by atoms with Crippen LogP contribution in [0.4, 0.5) is 0 Å².